The lowest BCUT2D eigenvalue weighted by Crippen LogP contribution is -2.45. The molecule has 4 nitrogen and oxygen atoms in total. The zero-order valence-corrected chi connectivity index (χ0v) is 12.6. The van der Waals surface area contributed by atoms with E-state index in [-0.39, 0.29) is 6.09 Å². The molecule has 1 N–H and O–H groups in total. The number of nitrogens with one attached hydrogen (secondary N) is 1. The molecule has 1 aliphatic carbocycles. The first kappa shape index (κ1) is 14.6. The summed E-state index contributed by atoms with van der Waals surface area (Å²) in [6.07, 6.45) is 5.82. The summed E-state index contributed by atoms with van der Waals surface area (Å²) in [5.74, 6) is 0.591. The van der Waals surface area contributed by atoms with Crippen LogP contribution in [0.25, 0.3) is 0 Å². The van der Waals surface area contributed by atoms with E-state index in [0.29, 0.717) is 12.0 Å². The van der Waals surface area contributed by atoms with Gasteiger partial charge >= 0.3 is 6.09 Å². The van der Waals surface area contributed by atoms with Gasteiger partial charge in [-0.15, -0.1) is 0 Å². The van der Waals surface area contributed by atoms with E-state index in [1.165, 1.54) is 19.3 Å². The normalized spacial score (nSPS) is 24.7. The Bertz CT molecular complexity index is 300. The summed E-state index contributed by atoms with van der Waals surface area (Å²) in [7, 11) is 0. The van der Waals surface area contributed by atoms with Crippen LogP contribution >= 0.6 is 0 Å². The van der Waals surface area contributed by atoms with Crippen LogP contribution in [0, 0.1) is 5.92 Å². The van der Waals surface area contributed by atoms with Crippen LogP contribution in [-0.4, -0.2) is 42.3 Å². The van der Waals surface area contributed by atoms with Crippen molar-refractivity contribution in [3.63, 3.8) is 0 Å². The first-order valence-electron chi connectivity index (χ1n) is 7.66. The van der Waals surface area contributed by atoms with Gasteiger partial charge in [0.2, 0.25) is 0 Å². The lowest BCUT2D eigenvalue weighted by molar-refractivity contribution is 0.0134. The Morgan fingerprint density at radius 3 is 2.47 bits per heavy atom. The summed E-state index contributed by atoms with van der Waals surface area (Å²) >= 11 is 0. The topological polar surface area (TPSA) is 41.6 Å². The maximum atomic E-state index is 12.4. The molecule has 0 aromatic heterocycles. The maximum Gasteiger partial charge on any atom is 0.410 e. The van der Waals surface area contributed by atoms with Gasteiger partial charge in [0.15, 0.2) is 0 Å². The molecule has 1 amide bonds. The molecule has 1 saturated heterocycles. The molecule has 1 aliphatic heterocycles. The van der Waals surface area contributed by atoms with E-state index in [0.717, 1.165) is 32.5 Å². The molecule has 4 heteroatoms. The molecule has 19 heavy (non-hydrogen) atoms. The number of nitrogens with zero attached hydrogens (tertiary/aromatic N) is 1. The second-order valence-corrected chi connectivity index (χ2v) is 6.93. The van der Waals surface area contributed by atoms with Crippen LogP contribution in [0.15, 0.2) is 0 Å². The lowest BCUT2D eigenvalue weighted by atomic mass is 10.1. The molecule has 1 unspecified atom stereocenters. The van der Waals surface area contributed by atoms with Gasteiger partial charge in [-0.25, -0.2) is 4.79 Å². The Labute approximate surface area is 116 Å². The van der Waals surface area contributed by atoms with E-state index in [1.807, 2.05) is 25.7 Å². The van der Waals surface area contributed by atoms with E-state index in [4.69, 9.17) is 4.74 Å². The van der Waals surface area contributed by atoms with Crippen molar-refractivity contribution in [1.82, 2.24) is 10.2 Å². The van der Waals surface area contributed by atoms with Gasteiger partial charge in [-0.2, -0.15) is 0 Å². The zero-order chi connectivity index (χ0) is 13.9. The van der Waals surface area contributed by atoms with Crippen molar-refractivity contribution in [2.75, 3.05) is 19.6 Å². The number of rotatable bonds is 3. The van der Waals surface area contributed by atoms with Crippen molar-refractivity contribution in [2.45, 2.75) is 64.5 Å². The molecule has 0 aromatic carbocycles. The van der Waals surface area contributed by atoms with Gasteiger partial charge in [0.25, 0.3) is 0 Å². The standard InChI is InChI=1S/C15H28N2O2/c1-15(2,3)19-14(18)17(13-6-4-5-7-13)11-12-8-9-16-10-12/h12-13,16H,4-11H2,1-3H3. The Kier molecular flexibility index (Phi) is 4.71. The predicted molar refractivity (Wildman–Crippen MR) is 76.2 cm³/mol. The molecule has 1 heterocycles. The second-order valence-electron chi connectivity index (χ2n) is 6.93. The number of hydrogen-bond acceptors (Lipinski definition) is 3. The van der Waals surface area contributed by atoms with Gasteiger partial charge in [0.1, 0.15) is 5.60 Å². The number of carbonyl (C=O) groups is 1. The molecule has 2 fully saturated rings. The van der Waals surface area contributed by atoms with E-state index in [9.17, 15) is 4.79 Å². The fourth-order valence-electron chi connectivity index (χ4n) is 3.06. The van der Waals surface area contributed by atoms with Crippen molar-refractivity contribution < 1.29 is 9.53 Å². The number of carbonyl (C=O) groups excluding carboxylic acids is 1. The molecule has 2 aliphatic rings. The maximum absolute atomic E-state index is 12.4. The van der Waals surface area contributed by atoms with Gasteiger partial charge in [0, 0.05) is 12.6 Å². The van der Waals surface area contributed by atoms with E-state index < -0.39 is 5.60 Å². The van der Waals surface area contributed by atoms with E-state index >= 15 is 0 Å². The molecule has 0 radical (unpaired) electrons. The summed E-state index contributed by atoms with van der Waals surface area (Å²) in [5.41, 5.74) is -0.401. The average Bonchev–Trinajstić information content (AvgIpc) is 2.96. The van der Waals surface area contributed by atoms with Crippen molar-refractivity contribution in [3.8, 4) is 0 Å². The van der Waals surface area contributed by atoms with E-state index in [1.54, 1.807) is 0 Å². The highest BCUT2D eigenvalue weighted by Gasteiger charge is 2.32. The van der Waals surface area contributed by atoms with Gasteiger partial charge in [-0.05, 0) is 59.0 Å². The van der Waals surface area contributed by atoms with Crippen LogP contribution in [0.3, 0.4) is 0 Å². The predicted octanol–water partition coefficient (Wildman–Crippen LogP) is 2.78. The van der Waals surface area contributed by atoms with Crippen molar-refractivity contribution in [3.05, 3.63) is 0 Å². The average molecular weight is 268 g/mol. The fraction of sp³-hybridized carbons (Fsp3) is 0.933. The first-order valence-corrected chi connectivity index (χ1v) is 7.66. The third kappa shape index (κ3) is 4.37. The Balaban J connectivity index is 1.97. The van der Waals surface area contributed by atoms with Crippen molar-refractivity contribution in [2.24, 2.45) is 5.92 Å². The summed E-state index contributed by atoms with van der Waals surface area (Å²) in [5, 5.41) is 3.38. The smallest absolute Gasteiger partial charge is 0.410 e. The highest BCUT2D eigenvalue weighted by molar-refractivity contribution is 5.68. The molecule has 2 rings (SSSR count). The lowest BCUT2D eigenvalue weighted by Gasteiger charge is -2.33. The molecular weight excluding hydrogens is 240 g/mol. The second kappa shape index (κ2) is 6.12. The van der Waals surface area contributed by atoms with Crippen molar-refractivity contribution >= 4 is 6.09 Å². The zero-order valence-electron chi connectivity index (χ0n) is 12.6. The van der Waals surface area contributed by atoms with Gasteiger partial charge < -0.3 is 15.0 Å². The van der Waals surface area contributed by atoms with Crippen LogP contribution in [0.1, 0.15) is 52.9 Å². The molecule has 0 spiro atoms. The van der Waals surface area contributed by atoms with Crippen LogP contribution in [0.5, 0.6) is 0 Å². The molecule has 1 atom stereocenters. The first-order chi connectivity index (χ1) is 8.96. The summed E-state index contributed by atoms with van der Waals surface area (Å²) < 4.78 is 5.59. The van der Waals surface area contributed by atoms with Crippen molar-refractivity contribution in [1.29, 1.82) is 0 Å². The Hall–Kier alpha value is -0.770. The molecule has 0 aromatic rings. The molecule has 0 bridgehead atoms. The van der Waals surface area contributed by atoms with E-state index in [2.05, 4.69) is 5.32 Å². The highest BCUT2D eigenvalue weighted by Crippen LogP contribution is 2.26. The summed E-state index contributed by atoms with van der Waals surface area (Å²) in [6, 6.07) is 0.399. The van der Waals surface area contributed by atoms with Crippen LogP contribution < -0.4 is 5.32 Å². The minimum Gasteiger partial charge on any atom is -0.444 e. The fourth-order valence-corrected chi connectivity index (χ4v) is 3.06. The minimum absolute atomic E-state index is 0.119. The number of ether oxygens (including phenoxy) is 1. The molecule has 110 valence electrons. The Morgan fingerprint density at radius 2 is 1.95 bits per heavy atom. The minimum atomic E-state index is -0.401. The monoisotopic (exact) mass is 268 g/mol. The third-order valence-electron chi connectivity index (χ3n) is 4.01. The summed E-state index contributed by atoms with van der Waals surface area (Å²) in [6.45, 7) is 8.79. The van der Waals surface area contributed by atoms with Gasteiger partial charge in [-0.1, -0.05) is 12.8 Å². The van der Waals surface area contributed by atoms with Gasteiger partial charge in [-0.3, -0.25) is 0 Å². The Morgan fingerprint density at radius 1 is 1.26 bits per heavy atom. The third-order valence-corrected chi connectivity index (χ3v) is 4.01. The number of hydrogen-bond donors (Lipinski definition) is 1. The SMILES string of the molecule is CC(C)(C)OC(=O)N(CC1CCNC1)C1CCCC1. The highest BCUT2D eigenvalue weighted by atomic mass is 16.6. The quantitative estimate of drug-likeness (QED) is 0.855. The largest absolute Gasteiger partial charge is 0.444 e. The van der Waals surface area contributed by atoms with Crippen LogP contribution in [-0.2, 0) is 4.74 Å². The number of amides is 1. The van der Waals surface area contributed by atoms with Crippen LogP contribution in [0.2, 0.25) is 0 Å². The van der Waals surface area contributed by atoms with Gasteiger partial charge in [0.05, 0.1) is 0 Å². The molecular formula is C15H28N2O2. The molecule has 1 saturated carbocycles. The van der Waals surface area contributed by atoms with Crippen LogP contribution in [0.4, 0.5) is 4.79 Å². The summed E-state index contributed by atoms with van der Waals surface area (Å²) in [4.78, 5) is 14.4.